The average molecular weight is 345 g/mol. The van der Waals surface area contributed by atoms with Gasteiger partial charge < -0.3 is 15.1 Å². The Labute approximate surface area is 144 Å². The second-order valence-electron chi connectivity index (χ2n) is 5.76. The summed E-state index contributed by atoms with van der Waals surface area (Å²) in [5.74, 6) is 0.789. The van der Waals surface area contributed by atoms with E-state index in [1.165, 1.54) is 12.3 Å². The zero-order valence-electron chi connectivity index (χ0n) is 13.6. The fraction of sp³-hybridized carbons (Fsp3) is 0.375. The molecule has 1 atom stereocenters. The second kappa shape index (κ2) is 7.75. The van der Waals surface area contributed by atoms with Gasteiger partial charge in [-0.15, -0.1) is 0 Å². The second-order valence-corrected chi connectivity index (χ2v) is 5.76. The van der Waals surface area contributed by atoms with Crippen LogP contribution in [-0.2, 0) is 0 Å². The highest BCUT2D eigenvalue weighted by molar-refractivity contribution is 5.91. The molecule has 2 aromatic rings. The van der Waals surface area contributed by atoms with E-state index in [0.29, 0.717) is 6.54 Å². The van der Waals surface area contributed by atoms with E-state index in [0.717, 1.165) is 37.9 Å². The molecule has 0 unspecified atom stereocenters. The van der Waals surface area contributed by atoms with Crippen molar-refractivity contribution in [2.75, 3.05) is 25.0 Å². The van der Waals surface area contributed by atoms with Crippen molar-refractivity contribution in [1.82, 2.24) is 15.2 Å². The van der Waals surface area contributed by atoms with Crippen LogP contribution in [0.3, 0.4) is 0 Å². The summed E-state index contributed by atoms with van der Waals surface area (Å²) in [7, 11) is 0. The minimum atomic E-state index is -0.585. The Kier molecular flexibility index (Phi) is 5.24. The van der Waals surface area contributed by atoms with Gasteiger partial charge in [-0.1, -0.05) is 0 Å². The third-order valence-corrected chi connectivity index (χ3v) is 4.15. The topological polar surface area (TPSA) is 114 Å². The molecule has 1 aliphatic heterocycles. The molecule has 0 aromatic carbocycles. The average Bonchev–Trinajstić information content (AvgIpc) is 3.29. The van der Waals surface area contributed by atoms with Crippen LogP contribution in [-0.4, -0.2) is 40.5 Å². The number of carbonyl (C=O) groups is 1. The number of rotatable bonds is 6. The van der Waals surface area contributed by atoms with Crippen molar-refractivity contribution in [1.29, 1.82) is 0 Å². The molecule has 3 heterocycles. The van der Waals surface area contributed by atoms with E-state index in [4.69, 9.17) is 4.42 Å². The third-order valence-electron chi connectivity index (χ3n) is 4.15. The van der Waals surface area contributed by atoms with Crippen molar-refractivity contribution >= 4 is 17.4 Å². The van der Waals surface area contributed by atoms with Gasteiger partial charge in [-0.2, -0.15) is 0 Å². The standard InChI is InChI=1S/C16H19N5O4/c22-16(19-12-5-6-17-10-13(12)21(23)24)18-11-14(15-4-3-9-25-15)20-7-1-2-8-20/h3-6,9-10,14H,1-2,7-8,11H2,(H2,17,18,19,22)/t14-/m0/s1. The van der Waals surface area contributed by atoms with E-state index in [9.17, 15) is 14.9 Å². The Morgan fingerprint density at radius 2 is 2.20 bits per heavy atom. The van der Waals surface area contributed by atoms with E-state index < -0.39 is 11.0 Å². The maximum Gasteiger partial charge on any atom is 0.319 e. The molecule has 2 amide bonds. The number of anilines is 1. The molecule has 1 aliphatic rings. The normalized spacial score (nSPS) is 15.7. The lowest BCUT2D eigenvalue weighted by Crippen LogP contribution is -2.38. The summed E-state index contributed by atoms with van der Waals surface area (Å²) in [5.41, 5.74) is -0.145. The molecule has 9 nitrogen and oxygen atoms in total. The van der Waals surface area contributed by atoms with Crippen LogP contribution < -0.4 is 10.6 Å². The third kappa shape index (κ3) is 4.13. The Bertz CT molecular complexity index is 728. The van der Waals surface area contributed by atoms with Crippen LogP contribution in [0.2, 0.25) is 0 Å². The number of furan rings is 1. The summed E-state index contributed by atoms with van der Waals surface area (Å²) >= 11 is 0. The maximum atomic E-state index is 12.2. The van der Waals surface area contributed by atoms with Gasteiger partial charge in [-0.25, -0.2) is 4.79 Å². The molecular formula is C16H19N5O4. The first kappa shape index (κ1) is 16.9. The molecule has 3 rings (SSSR count). The molecule has 0 aliphatic carbocycles. The predicted octanol–water partition coefficient (Wildman–Crippen LogP) is 2.54. The highest BCUT2D eigenvalue weighted by atomic mass is 16.6. The molecule has 9 heteroatoms. The number of amides is 2. The number of aromatic nitrogens is 1. The van der Waals surface area contributed by atoms with Gasteiger partial charge in [0.15, 0.2) is 0 Å². The fourth-order valence-electron chi connectivity index (χ4n) is 2.94. The van der Waals surface area contributed by atoms with Crippen molar-refractivity contribution in [2.24, 2.45) is 0 Å². The van der Waals surface area contributed by atoms with Gasteiger partial charge in [0.1, 0.15) is 17.6 Å². The number of nitro groups is 1. The van der Waals surface area contributed by atoms with Gasteiger partial charge >= 0.3 is 11.7 Å². The van der Waals surface area contributed by atoms with Gasteiger partial charge in [-0.3, -0.25) is 20.0 Å². The van der Waals surface area contributed by atoms with Crippen LogP contribution in [0.25, 0.3) is 0 Å². The van der Waals surface area contributed by atoms with Crippen molar-refractivity contribution in [3.63, 3.8) is 0 Å². The van der Waals surface area contributed by atoms with Gasteiger partial charge in [-0.05, 0) is 44.1 Å². The van der Waals surface area contributed by atoms with Crippen LogP contribution in [0.1, 0.15) is 24.6 Å². The molecule has 0 saturated carbocycles. The molecule has 0 bridgehead atoms. The van der Waals surface area contributed by atoms with E-state index >= 15 is 0 Å². The Hall–Kier alpha value is -2.94. The number of urea groups is 1. The summed E-state index contributed by atoms with van der Waals surface area (Å²) in [4.78, 5) is 28.5. The molecule has 0 radical (unpaired) electrons. The van der Waals surface area contributed by atoms with E-state index in [-0.39, 0.29) is 17.4 Å². The minimum Gasteiger partial charge on any atom is -0.468 e. The predicted molar refractivity (Wildman–Crippen MR) is 90.2 cm³/mol. The molecule has 1 fully saturated rings. The molecule has 2 aromatic heterocycles. The molecule has 132 valence electrons. The van der Waals surface area contributed by atoms with Crippen LogP contribution in [0.5, 0.6) is 0 Å². The van der Waals surface area contributed by atoms with Crippen molar-refractivity contribution < 1.29 is 14.1 Å². The minimum absolute atomic E-state index is 0.0596. The summed E-state index contributed by atoms with van der Waals surface area (Å²) in [6, 6.07) is 4.53. The smallest absolute Gasteiger partial charge is 0.319 e. The first-order valence-corrected chi connectivity index (χ1v) is 8.06. The highest BCUT2D eigenvalue weighted by Gasteiger charge is 2.26. The van der Waals surface area contributed by atoms with Gasteiger partial charge in [0, 0.05) is 12.7 Å². The van der Waals surface area contributed by atoms with E-state index in [1.54, 1.807) is 6.26 Å². The van der Waals surface area contributed by atoms with Crippen LogP contribution in [0, 0.1) is 10.1 Å². The lowest BCUT2D eigenvalue weighted by molar-refractivity contribution is -0.384. The number of hydrogen-bond donors (Lipinski definition) is 2. The molecule has 25 heavy (non-hydrogen) atoms. The number of nitrogens with zero attached hydrogens (tertiary/aromatic N) is 3. The monoisotopic (exact) mass is 345 g/mol. The SMILES string of the molecule is O=C(NC[C@@H](c1ccco1)N1CCCC1)Nc1ccncc1[N+](=O)[O-]. The molecule has 2 N–H and O–H groups in total. The van der Waals surface area contributed by atoms with E-state index in [1.807, 2.05) is 12.1 Å². The van der Waals surface area contributed by atoms with Crippen molar-refractivity contribution in [3.05, 3.63) is 52.7 Å². The number of likely N-dealkylation sites (tertiary alicyclic amines) is 1. The zero-order valence-corrected chi connectivity index (χ0v) is 13.6. The van der Waals surface area contributed by atoms with Crippen LogP contribution in [0.15, 0.2) is 41.3 Å². The van der Waals surface area contributed by atoms with Crippen LogP contribution >= 0.6 is 0 Å². The number of hydrogen-bond acceptors (Lipinski definition) is 6. The summed E-state index contributed by atoms with van der Waals surface area (Å²) in [6.45, 7) is 2.24. The first-order chi connectivity index (χ1) is 12.1. The summed E-state index contributed by atoms with van der Waals surface area (Å²) in [5, 5.41) is 16.2. The fourth-order valence-corrected chi connectivity index (χ4v) is 2.94. The van der Waals surface area contributed by atoms with Gasteiger partial charge in [0.2, 0.25) is 0 Å². The Morgan fingerprint density at radius 3 is 2.88 bits per heavy atom. The van der Waals surface area contributed by atoms with Gasteiger partial charge in [0.05, 0.1) is 17.2 Å². The molecule has 1 saturated heterocycles. The van der Waals surface area contributed by atoms with E-state index in [2.05, 4.69) is 20.5 Å². The summed E-state index contributed by atoms with van der Waals surface area (Å²) in [6.07, 6.45) is 6.34. The maximum absolute atomic E-state index is 12.2. The Morgan fingerprint density at radius 1 is 1.40 bits per heavy atom. The first-order valence-electron chi connectivity index (χ1n) is 8.06. The van der Waals surface area contributed by atoms with Crippen molar-refractivity contribution in [2.45, 2.75) is 18.9 Å². The number of pyridine rings is 1. The lowest BCUT2D eigenvalue weighted by Gasteiger charge is -2.26. The number of nitrogens with one attached hydrogen (secondary N) is 2. The molecular weight excluding hydrogens is 326 g/mol. The summed E-state index contributed by atoms with van der Waals surface area (Å²) < 4.78 is 5.50. The molecule has 0 spiro atoms. The zero-order chi connectivity index (χ0) is 17.6. The van der Waals surface area contributed by atoms with Crippen molar-refractivity contribution in [3.8, 4) is 0 Å². The Balaban J connectivity index is 1.63. The quantitative estimate of drug-likeness (QED) is 0.614. The highest BCUT2D eigenvalue weighted by Crippen LogP contribution is 2.25. The number of carbonyl (C=O) groups excluding carboxylic acids is 1. The lowest BCUT2D eigenvalue weighted by atomic mass is 10.2. The van der Waals surface area contributed by atoms with Crippen LogP contribution in [0.4, 0.5) is 16.2 Å². The van der Waals surface area contributed by atoms with Gasteiger partial charge in [0.25, 0.3) is 0 Å². The largest absolute Gasteiger partial charge is 0.468 e.